The number of anilines is 1. The molecule has 0 aliphatic carbocycles. The van der Waals surface area contributed by atoms with Gasteiger partial charge < -0.3 is 10.4 Å². The molecule has 3 nitrogen and oxygen atoms in total. The Morgan fingerprint density at radius 3 is 2.48 bits per heavy atom. The van der Waals surface area contributed by atoms with Gasteiger partial charge in [-0.3, -0.25) is 4.79 Å². The number of aliphatic hydroxyl groups is 1. The molecule has 0 fully saturated rings. The number of nitrogens with one attached hydrogen (secondary N) is 1. The fourth-order valence-corrected chi connectivity index (χ4v) is 3.81. The highest BCUT2D eigenvalue weighted by Crippen LogP contribution is 2.34. The number of aryl methyl sites for hydroxylation is 2. The summed E-state index contributed by atoms with van der Waals surface area (Å²) in [6, 6.07) is 13.9. The second-order valence-corrected chi connectivity index (χ2v) is 7.04. The molecular formula is C26H27NO2. The molecule has 3 aromatic carbocycles. The van der Waals surface area contributed by atoms with Gasteiger partial charge in [-0.1, -0.05) is 62.1 Å². The number of rotatable bonds is 4. The molecule has 0 bridgehead atoms. The van der Waals surface area contributed by atoms with Gasteiger partial charge in [0.05, 0.1) is 6.61 Å². The van der Waals surface area contributed by atoms with E-state index in [9.17, 15) is 9.90 Å². The molecular weight excluding hydrogens is 358 g/mol. The molecule has 2 N–H and O–H groups in total. The van der Waals surface area contributed by atoms with Crippen LogP contribution < -0.4 is 5.32 Å². The normalized spacial score (nSPS) is 12.1. The number of benzene rings is 3. The number of carbonyl (C=O) groups is 1. The lowest BCUT2D eigenvalue weighted by Crippen LogP contribution is -2.03. The minimum Gasteiger partial charge on any atom is -0.392 e. The van der Waals surface area contributed by atoms with Crippen LogP contribution in [0.3, 0.4) is 0 Å². The highest BCUT2D eigenvalue weighted by atomic mass is 16.3. The zero-order chi connectivity index (χ0) is 21.0. The summed E-state index contributed by atoms with van der Waals surface area (Å²) >= 11 is 0. The quantitative estimate of drug-likeness (QED) is 0.567. The Bertz CT molecular complexity index is 1110. The Morgan fingerprint density at radius 2 is 1.83 bits per heavy atom. The Hall–Kier alpha value is -3.17. The topological polar surface area (TPSA) is 49.3 Å². The van der Waals surface area contributed by atoms with E-state index in [2.05, 4.69) is 37.9 Å². The van der Waals surface area contributed by atoms with Gasteiger partial charge in [0.25, 0.3) is 5.91 Å². The summed E-state index contributed by atoms with van der Waals surface area (Å²) < 4.78 is 0. The van der Waals surface area contributed by atoms with Gasteiger partial charge in [0.2, 0.25) is 0 Å². The Morgan fingerprint density at radius 1 is 1.07 bits per heavy atom. The van der Waals surface area contributed by atoms with Gasteiger partial charge in [0.1, 0.15) is 0 Å². The van der Waals surface area contributed by atoms with Crippen LogP contribution in [0, 0.1) is 6.92 Å². The second-order valence-electron chi connectivity index (χ2n) is 7.04. The third kappa shape index (κ3) is 3.87. The maximum Gasteiger partial charge on any atom is 0.256 e. The molecule has 0 atom stereocenters. The van der Waals surface area contributed by atoms with Crippen molar-refractivity contribution < 1.29 is 9.90 Å². The van der Waals surface area contributed by atoms with E-state index in [-0.39, 0.29) is 12.5 Å². The summed E-state index contributed by atoms with van der Waals surface area (Å²) in [6.07, 6.45) is 6.87. The molecule has 29 heavy (non-hydrogen) atoms. The van der Waals surface area contributed by atoms with Gasteiger partial charge in [-0.05, 0) is 65.6 Å². The number of aliphatic hydroxyl groups excluding tert-OH is 1. The number of allylic oxidation sites excluding steroid dienone is 1. The summed E-state index contributed by atoms with van der Waals surface area (Å²) in [4.78, 5) is 11.5. The molecule has 1 aliphatic heterocycles. The maximum absolute atomic E-state index is 11.5. The average Bonchev–Trinajstić information content (AvgIpc) is 3.08. The van der Waals surface area contributed by atoms with Crippen molar-refractivity contribution in [2.24, 2.45) is 0 Å². The van der Waals surface area contributed by atoms with Gasteiger partial charge in [-0.15, -0.1) is 0 Å². The molecule has 1 heterocycles. The first-order valence-electron chi connectivity index (χ1n) is 9.90. The molecule has 1 aliphatic rings. The average molecular weight is 386 g/mol. The molecule has 0 saturated carbocycles. The highest BCUT2D eigenvalue weighted by Gasteiger charge is 2.20. The number of hydrogen-bond acceptors (Lipinski definition) is 2. The Labute approximate surface area is 172 Å². The van der Waals surface area contributed by atoms with Crippen LogP contribution in [0.5, 0.6) is 0 Å². The van der Waals surface area contributed by atoms with Crippen LogP contribution in [0.1, 0.15) is 52.0 Å². The van der Waals surface area contributed by atoms with E-state index in [1.165, 1.54) is 16.5 Å². The minimum absolute atomic E-state index is 0.0104. The standard InChI is InChI=1S/C14H18O.C12H9NO/c1-4-7-14-12(10-15)9-8-11(5-2)13(14)6-3;1-7-5-6-10-11-8(7)3-2-4-9(11)12(14)13-10/h4,6-9,15H,3,5,10H2,1-2H3;2-6H,1H3,(H,13,14)/b7-4-;. The van der Waals surface area contributed by atoms with Crippen molar-refractivity contribution in [2.45, 2.75) is 33.8 Å². The fraction of sp³-hybridized carbons (Fsp3) is 0.192. The zero-order valence-electron chi connectivity index (χ0n) is 17.3. The molecule has 0 radical (unpaired) electrons. The third-order valence-corrected chi connectivity index (χ3v) is 5.31. The molecule has 0 saturated heterocycles. The van der Waals surface area contributed by atoms with Gasteiger partial charge in [0.15, 0.2) is 0 Å². The van der Waals surface area contributed by atoms with Crippen LogP contribution in [0.4, 0.5) is 5.69 Å². The van der Waals surface area contributed by atoms with Crippen LogP contribution in [0.25, 0.3) is 22.9 Å². The molecule has 0 aromatic heterocycles. The van der Waals surface area contributed by atoms with E-state index in [0.29, 0.717) is 0 Å². The van der Waals surface area contributed by atoms with Gasteiger partial charge in [-0.2, -0.15) is 0 Å². The monoisotopic (exact) mass is 385 g/mol. The van der Waals surface area contributed by atoms with Crippen molar-refractivity contribution in [1.82, 2.24) is 0 Å². The van der Waals surface area contributed by atoms with Crippen molar-refractivity contribution in [3.05, 3.63) is 88.5 Å². The lowest BCUT2D eigenvalue weighted by atomic mass is 9.94. The fourth-order valence-electron chi connectivity index (χ4n) is 3.81. The van der Waals surface area contributed by atoms with Crippen molar-refractivity contribution in [3.8, 4) is 0 Å². The van der Waals surface area contributed by atoms with Gasteiger partial charge in [0, 0.05) is 16.6 Å². The number of amides is 1. The predicted molar refractivity (Wildman–Crippen MR) is 123 cm³/mol. The molecule has 0 spiro atoms. The first kappa shape index (κ1) is 20.6. The molecule has 1 amide bonds. The summed E-state index contributed by atoms with van der Waals surface area (Å²) in [5, 5.41) is 14.4. The van der Waals surface area contributed by atoms with E-state index in [1.807, 2.05) is 55.5 Å². The van der Waals surface area contributed by atoms with Crippen molar-refractivity contribution in [2.75, 3.05) is 5.32 Å². The van der Waals surface area contributed by atoms with Gasteiger partial charge >= 0.3 is 0 Å². The SMILES string of the molecule is C=Cc1c(CC)ccc(CO)c1/C=C\C.Cc1ccc2c3c(cccc13)C(=O)N2. The summed E-state index contributed by atoms with van der Waals surface area (Å²) in [5.41, 5.74) is 7.40. The number of carbonyl (C=O) groups excluding carboxylic acids is 1. The zero-order valence-corrected chi connectivity index (χ0v) is 17.3. The van der Waals surface area contributed by atoms with E-state index in [1.54, 1.807) is 0 Å². The second kappa shape index (κ2) is 8.89. The molecule has 3 heteroatoms. The Balaban J connectivity index is 0.000000166. The van der Waals surface area contributed by atoms with E-state index < -0.39 is 0 Å². The van der Waals surface area contributed by atoms with Crippen LogP contribution in [0.2, 0.25) is 0 Å². The molecule has 4 rings (SSSR count). The van der Waals surface area contributed by atoms with Crippen LogP contribution in [-0.2, 0) is 13.0 Å². The van der Waals surface area contributed by atoms with E-state index in [0.717, 1.165) is 39.7 Å². The van der Waals surface area contributed by atoms with Gasteiger partial charge in [-0.25, -0.2) is 0 Å². The molecule has 0 unspecified atom stereocenters. The summed E-state index contributed by atoms with van der Waals surface area (Å²) in [5.74, 6) is 0.0104. The van der Waals surface area contributed by atoms with Crippen LogP contribution in [0.15, 0.2) is 55.1 Å². The largest absolute Gasteiger partial charge is 0.392 e. The van der Waals surface area contributed by atoms with Crippen molar-refractivity contribution >= 4 is 34.5 Å². The van der Waals surface area contributed by atoms with E-state index in [4.69, 9.17) is 0 Å². The smallest absolute Gasteiger partial charge is 0.256 e. The first-order valence-corrected chi connectivity index (χ1v) is 9.90. The number of hydrogen-bond donors (Lipinski definition) is 2. The maximum atomic E-state index is 11.5. The molecule has 148 valence electrons. The summed E-state index contributed by atoms with van der Waals surface area (Å²) in [7, 11) is 0. The minimum atomic E-state index is 0.0104. The van der Waals surface area contributed by atoms with Crippen LogP contribution in [-0.4, -0.2) is 11.0 Å². The molecule has 3 aromatic rings. The lowest BCUT2D eigenvalue weighted by molar-refractivity contribution is 0.103. The van der Waals surface area contributed by atoms with Crippen molar-refractivity contribution in [3.63, 3.8) is 0 Å². The van der Waals surface area contributed by atoms with Crippen molar-refractivity contribution in [1.29, 1.82) is 0 Å². The third-order valence-electron chi connectivity index (χ3n) is 5.31. The van der Waals surface area contributed by atoms with E-state index >= 15 is 0 Å². The Kier molecular flexibility index (Phi) is 6.30. The summed E-state index contributed by atoms with van der Waals surface area (Å²) in [6.45, 7) is 10.1. The van der Waals surface area contributed by atoms with Crippen LogP contribution >= 0.6 is 0 Å². The lowest BCUT2D eigenvalue weighted by Gasteiger charge is -2.11. The first-order chi connectivity index (χ1) is 14.0. The predicted octanol–water partition coefficient (Wildman–Crippen LogP) is 6.13. The highest BCUT2D eigenvalue weighted by molar-refractivity contribution is 6.24.